The number of anilines is 1. The molecule has 11 heavy (non-hydrogen) atoms. The third-order valence-electron chi connectivity index (χ3n) is 1.32. The monoisotopic (exact) mass is 155 g/mol. The van der Waals surface area contributed by atoms with Gasteiger partial charge in [0.05, 0.1) is 0 Å². The molecular formula is C6H9N3O2. The van der Waals surface area contributed by atoms with Crippen LogP contribution in [0, 0.1) is 0 Å². The van der Waals surface area contributed by atoms with E-state index in [1.165, 1.54) is 0 Å². The molecule has 0 fully saturated rings. The molecule has 4 N–H and O–H groups in total. The van der Waals surface area contributed by atoms with Gasteiger partial charge < -0.3 is 15.8 Å². The van der Waals surface area contributed by atoms with E-state index < -0.39 is 11.4 Å². The van der Waals surface area contributed by atoms with Gasteiger partial charge in [0.1, 0.15) is 5.82 Å². The first kappa shape index (κ1) is 7.59. The maximum absolute atomic E-state index is 10.8. The smallest absolute Gasteiger partial charge is 0.278 e. The summed E-state index contributed by atoms with van der Waals surface area (Å²) in [6, 6.07) is 0. The minimum absolute atomic E-state index is 0.234. The summed E-state index contributed by atoms with van der Waals surface area (Å²) in [5.41, 5.74) is 4.42. The van der Waals surface area contributed by atoms with Gasteiger partial charge in [0.25, 0.3) is 5.56 Å². The molecule has 0 unspecified atom stereocenters. The van der Waals surface area contributed by atoms with E-state index in [9.17, 15) is 4.79 Å². The van der Waals surface area contributed by atoms with Gasteiger partial charge in [-0.05, 0) is 0 Å². The summed E-state index contributed by atoms with van der Waals surface area (Å²) in [7, 11) is 0. The number of nitrogens with zero attached hydrogens (tertiary/aromatic N) is 1. The van der Waals surface area contributed by atoms with Crippen LogP contribution in [0.25, 0.3) is 0 Å². The Morgan fingerprint density at radius 2 is 2.36 bits per heavy atom. The molecule has 0 spiro atoms. The van der Waals surface area contributed by atoms with Crippen LogP contribution in [-0.4, -0.2) is 15.1 Å². The number of aryl methyl sites for hydroxylation is 1. The molecule has 0 aliphatic carbocycles. The molecule has 1 rings (SSSR count). The zero-order chi connectivity index (χ0) is 8.43. The van der Waals surface area contributed by atoms with Crippen molar-refractivity contribution < 1.29 is 5.11 Å². The van der Waals surface area contributed by atoms with Crippen LogP contribution in [0.3, 0.4) is 0 Å². The fourth-order valence-electron chi connectivity index (χ4n) is 0.683. The molecule has 0 amide bonds. The van der Waals surface area contributed by atoms with Crippen molar-refractivity contribution >= 4 is 5.69 Å². The Balaban J connectivity index is 3.32. The Kier molecular flexibility index (Phi) is 1.80. The lowest BCUT2D eigenvalue weighted by molar-refractivity contribution is 0.451. The van der Waals surface area contributed by atoms with Crippen molar-refractivity contribution in [3.05, 3.63) is 16.2 Å². The second kappa shape index (κ2) is 2.61. The largest absolute Gasteiger partial charge is 0.492 e. The van der Waals surface area contributed by atoms with Gasteiger partial charge in [0.2, 0.25) is 5.88 Å². The second-order valence-electron chi connectivity index (χ2n) is 2.10. The SMILES string of the molecule is CCc1nc(O)c(N)c(=O)[nH]1. The summed E-state index contributed by atoms with van der Waals surface area (Å²) in [6.45, 7) is 1.81. The van der Waals surface area contributed by atoms with Crippen LogP contribution < -0.4 is 11.3 Å². The number of rotatable bonds is 1. The summed E-state index contributed by atoms with van der Waals surface area (Å²) >= 11 is 0. The van der Waals surface area contributed by atoms with Gasteiger partial charge >= 0.3 is 0 Å². The average Bonchev–Trinajstić information content (AvgIpc) is 1.99. The van der Waals surface area contributed by atoms with Crippen LogP contribution in [0.5, 0.6) is 5.88 Å². The third-order valence-corrected chi connectivity index (χ3v) is 1.32. The number of aromatic nitrogens is 2. The Bertz CT molecular complexity index is 318. The molecule has 1 heterocycles. The topological polar surface area (TPSA) is 92.0 Å². The van der Waals surface area contributed by atoms with Crippen LogP contribution >= 0.6 is 0 Å². The average molecular weight is 155 g/mol. The molecule has 60 valence electrons. The van der Waals surface area contributed by atoms with Crippen molar-refractivity contribution in [1.29, 1.82) is 0 Å². The van der Waals surface area contributed by atoms with Crippen LogP contribution in [0.2, 0.25) is 0 Å². The van der Waals surface area contributed by atoms with Crippen molar-refractivity contribution in [3.8, 4) is 5.88 Å². The number of aromatic hydroxyl groups is 1. The number of hydrogen-bond donors (Lipinski definition) is 3. The summed E-state index contributed by atoms with van der Waals surface area (Å²) in [6.07, 6.45) is 0.559. The molecule has 0 saturated carbocycles. The highest BCUT2D eigenvalue weighted by molar-refractivity contribution is 5.44. The maximum Gasteiger partial charge on any atom is 0.278 e. The molecule has 0 radical (unpaired) electrons. The summed E-state index contributed by atoms with van der Waals surface area (Å²) in [4.78, 5) is 16.9. The van der Waals surface area contributed by atoms with E-state index in [2.05, 4.69) is 9.97 Å². The Morgan fingerprint density at radius 1 is 1.73 bits per heavy atom. The minimum Gasteiger partial charge on any atom is -0.492 e. The highest BCUT2D eigenvalue weighted by Crippen LogP contribution is 2.08. The number of nitrogen functional groups attached to an aromatic ring is 1. The molecule has 0 aliphatic rings. The molecule has 0 aliphatic heterocycles. The molecule has 1 aromatic heterocycles. The summed E-state index contributed by atoms with van der Waals surface area (Å²) < 4.78 is 0. The second-order valence-corrected chi connectivity index (χ2v) is 2.10. The van der Waals surface area contributed by atoms with E-state index >= 15 is 0 Å². The van der Waals surface area contributed by atoms with Gasteiger partial charge in [-0.1, -0.05) is 6.92 Å². The van der Waals surface area contributed by atoms with Gasteiger partial charge in [-0.25, -0.2) is 0 Å². The zero-order valence-electron chi connectivity index (χ0n) is 6.09. The standard InChI is InChI=1S/C6H9N3O2/c1-2-3-8-5(10)4(7)6(11)9-3/h2,7H2,1H3,(H2,8,9,10,11). The van der Waals surface area contributed by atoms with Crippen molar-refractivity contribution in [2.24, 2.45) is 0 Å². The zero-order valence-corrected chi connectivity index (χ0v) is 6.09. The Hall–Kier alpha value is -1.52. The van der Waals surface area contributed by atoms with E-state index in [0.717, 1.165) is 0 Å². The number of hydrogen-bond acceptors (Lipinski definition) is 4. The first-order valence-corrected chi connectivity index (χ1v) is 3.22. The quantitative estimate of drug-likeness (QED) is 0.515. The van der Waals surface area contributed by atoms with E-state index in [1.807, 2.05) is 6.92 Å². The van der Waals surface area contributed by atoms with E-state index in [4.69, 9.17) is 10.8 Å². The van der Waals surface area contributed by atoms with Gasteiger partial charge in [0.15, 0.2) is 5.69 Å². The maximum atomic E-state index is 10.8. The first-order chi connectivity index (χ1) is 5.15. The predicted molar refractivity (Wildman–Crippen MR) is 40.3 cm³/mol. The lowest BCUT2D eigenvalue weighted by Gasteiger charge is -1.98. The molecular weight excluding hydrogens is 146 g/mol. The van der Waals surface area contributed by atoms with E-state index in [1.54, 1.807) is 0 Å². The van der Waals surface area contributed by atoms with Gasteiger partial charge in [-0.15, -0.1) is 0 Å². The molecule has 5 nitrogen and oxygen atoms in total. The fourth-order valence-corrected chi connectivity index (χ4v) is 0.683. The van der Waals surface area contributed by atoms with Crippen molar-refractivity contribution in [2.75, 3.05) is 5.73 Å². The van der Waals surface area contributed by atoms with Gasteiger partial charge in [0, 0.05) is 6.42 Å². The predicted octanol–water partition coefficient (Wildman–Crippen LogP) is -0.380. The number of aromatic amines is 1. The Labute approximate surface area is 62.9 Å². The minimum atomic E-state index is -0.491. The summed E-state index contributed by atoms with van der Waals surface area (Å²) in [5, 5.41) is 8.96. The van der Waals surface area contributed by atoms with E-state index in [0.29, 0.717) is 12.2 Å². The molecule has 5 heteroatoms. The molecule has 0 aromatic carbocycles. The number of nitrogens with two attached hydrogens (primary N) is 1. The van der Waals surface area contributed by atoms with Gasteiger partial charge in [-0.2, -0.15) is 4.98 Å². The molecule has 0 bridgehead atoms. The van der Waals surface area contributed by atoms with Crippen molar-refractivity contribution in [3.63, 3.8) is 0 Å². The molecule has 0 atom stereocenters. The van der Waals surface area contributed by atoms with Gasteiger partial charge in [-0.3, -0.25) is 4.79 Å². The highest BCUT2D eigenvalue weighted by Gasteiger charge is 2.04. The Morgan fingerprint density at radius 3 is 2.82 bits per heavy atom. The molecule has 1 aromatic rings. The van der Waals surface area contributed by atoms with Crippen molar-refractivity contribution in [2.45, 2.75) is 13.3 Å². The third kappa shape index (κ3) is 1.31. The first-order valence-electron chi connectivity index (χ1n) is 3.22. The van der Waals surface area contributed by atoms with Crippen LogP contribution in [-0.2, 0) is 6.42 Å². The summed E-state index contributed by atoms with van der Waals surface area (Å²) in [5.74, 6) is 0.0345. The van der Waals surface area contributed by atoms with E-state index in [-0.39, 0.29) is 5.69 Å². The van der Waals surface area contributed by atoms with Crippen LogP contribution in [0.15, 0.2) is 4.79 Å². The fraction of sp³-hybridized carbons (Fsp3) is 0.333. The number of nitrogens with one attached hydrogen (secondary N) is 1. The van der Waals surface area contributed by atoms with Crippen molar-refractivity contribution in [1.82, 2.24) is 9.97 Å². The molecule has 0 saturated heterocycles. The lowest BCUT2D eigenvalue weighted by atomic mass is 10.4. The van der Waals surface area contributed by atoms with Crippen LogP contribution in [0.4, 0.5) is 5.69 Å². The highest BCUT2D eigenvalue weighted by atomic mass is 16.3. The van der Waals surface area contributed by atoms with Crippen LogP contribution in [0.1, 0.15) is 12.7 Å². The normalized spacial score (nSPS) is 9.91. The lowest BCUT2D eigenvalue weighted by Crippen LogP contribution is -2.15. The number of H-pyrrole nitrogens is 1.